The van der Waals surface area contributed by atoms with Gasteiger partial charge in [-0.3, -0.25) is 0 Å². The van der Waals surface area contributed by atoms with E-state index in [0.717, 1.165) is 11.8 Å². The summed E-state index contributed by atoms with van der Waals surface area (Å²) in [7, 11) is 0. The van der Waals surface area contributed by atoms with Crippen molar-refractivity contribution in [2.24, 2.45) is 16.5 Å². The Morgan fingerprint density at radius 1 is 1.45 bits per heavy atom. The fourth-order valence-electron chi connectivity index (χ4n) is 1.97. The van der Waals surface area contributed by atoms with E-state index in [0.29, 0.717) is 18.1 Å². The van der Waals surface area contributed by atoms with Crippen molar-refractivity contribution in [1.29, 1.82) is 5.41 Å². The van der Waals surface area contributed by atoms with Crippen LogP contribution in [0.1, 0.15) is 0 Å². The molecule has 0 saturated heterocycles. The lowest BCUT2D eigenvalue weighted by Gasteiger charge is -2.19. The summed E-state index contributed by atoms with van der Waals surface area (Å²) < 4.78 is 27.5. The van der Waals surface area contributed by atoms with Crippen LogP contribution >= 0.6 is 0 Å². The number of nitrogens with zero attached hydrogens (tertiary/aromatic N) is 1. The van der Waals surface area contributed by atoms with Crippen molar-refractivity contribution < 1.29 is 8.78 Å². The van der Waals surface area contributed by atoms with Crippen LogP contribution in [-0.2, 0) is 0 Å². The summed E-state index contributed by atoms with van der Waals surface area (Å²) in [6, 6.07) is -0.840. The summed E-state index contributed by atoms with van der Waals surface area (Å²) in [5.41, 5.74) is 12.2. The number of aliphatic imine (C=N–C) groups is 1. The van der Waals surface area contributed by atoms with Gasteiger partial charge in [0.05, 0.1) is 11.7 Å². The molecule has 0 spiro atoms. The average Bonchev–Trinajstić information content (AvgIpc) is 2.52. The van der Waals surface area contributed by atoms with Gasteiger partial charge in [-0.1, -0.05) is 18.2 Å². The van der Waals surface area contributed by atoms with E-state index in [9.17, 15) is 8.78 Å². The number of alkyl halides is 1. The third-order valence-corrected chi connectivity index (χ3v) is 3.21. The Bertz CT molecular complexity index is 640. The number of amidine groups is 1. The van der Waals surface area contributed by atoms with Crippen LogP contribution in [0.3, 0.4) is 0 Å². The van der Waals surface area contributed by atoms with Crippen LogP contribution in [0.4, 0.5) is 8.78 Å². The highest BCUT2D eigenvalue weighted by Crippen LogP contribution is 2.24. The second-order valence-corrected chi connectivity index (χ2v) is 4.80. The summed E-state index contributed by atoms with van der Waals surface area (Å²) in [4.78, 5) is 4.10. The standard InChI is InChI=1S/C15H17F2N5/c16-11-3-4-12(19)14(17)10(11)2-1-9-7-21-15(22-8-9)13(20)5-6-18/h1-7,12,14,18H,8,19-20H2,(H,21,22)/b2-1?,13-5-,18-6?. The summed E-state index contributed by atoms with van der Waals surface area (Å²) in [5, 5.41) is 9.91. The third-order valence-electron chi connectivity index (χ3n) is 3.21. The molecular weight excluding hydrogens is 288 g/mol. The van der Waals surface area contributed by atoms with Crippen molar-refractivity contribution in [1.82, 2.24) is 5.32 Å². The number of nitrogens with two attached hydrogens (primary N) is 2. The first-order valence-corrected chi connectivity index (χ1v) is 6.66. The summed E-state index contributed by atoms with van der Waals surface area (Å²) in [6.07, 6.45) is 7.88. The van der Waals surface area contributed by atoms with Gasteiger partial charge in [0.15, 0.2) is 0 Å². The van der Waals surface area contributed by atoms with Gasteiger partial charge in [-0.2, -0.15) is 0 Å². The lowest BCUT2D eigenvalue weighted by Crippen LogP contribution is -2.33. The fraction of sp³-hybridized carbons (Fsp3) is 0.200. The smallest absolute Gasteiger partial charge is 0.149 e. The monoisotopic (exact) mass is 305 g/mol. The third kappa shape index (κ3) is 3.56. The second-order valence-electron chi connectivity index (χ2n) is 4.80. The van der Waals surface area contributed by atoms with Crippen LogP contribution in [0, 0.1) is 5.41 Å². The Morgan fingerprint density at radius 3 is 2.86 bits per heavy atom. The van der Waals surface area contributed by atoms with E-state index in [2.05, 4.69) is 10.3 Å². The zero-order valence-electron chi connectivity index (χ0n) is 11.8. The summed E-state index contributed by atoms with van der Waals surface area (Å²) >= 11 is 0. The van der Waals surface area contributed by atoms with Gasteiger partial charge in [0.2, 0.25) is 0 Å². The summed E-state index contributed by atoms with van der Waals surface area (Å²) in [6.45, 7) is 0.412. The predicted molar refractivity (Wildman–Crippen MR) is 83.9 cm³/mol. The molecule has 2 rings (SSSR count). The first-order valence-electron chi connectivity index (χ1n) is 6.66. The maximum absolute atomic E-state index is 13.9. The molecule has 22 heavy (non-hydrogen) atoms. The topological polar surface area (TPSA) is 100 Å². The van der Waals surface area contributed by atoms with Crippen molar-refractivity contribution in [3.63, 3.8) is 0 Å². The number of hydrogen-bond donors (Lipinski definition) is 4. The van der Waals surface area contributed by atoms with Gasteiger partial charge < -0.3 is 22.2 Å². The van der Waals surface area contributed by atoms with Gasteiger partial charge in [0.25, 0.3) is 0 Å². The quantitative estimate of drug-likeness (QED) is 0.590. The Balaban J connectivity index is 2.14. The number of nitrogens with one attached hydrogen (secondary N) is 2. The van der Waals surface area contributed by atoms with Gasteiger partial charge >= 0.3 is 0 Å². The molecule has 1 heterocycles. The highest BCUT2D eigenvalue weighted by molar-refractivity contribution is 6.01. The zero-order chi connectivity index (χ0) is 16.1. The molecule has 5 nitrogen and oxygen atoms in total. The number of halogens is 2. The normalized spacial score (nSPS) is 25.9. The average molecular weight is 305 g/mol. The molecule has 2 atom stereocenters. The molecule has 0 radical (unpaired) electrons. The zero-order valence-corrected chi connectivity index (χ0v) is 11.8. The molecule has 0 saturated carbocycles. The fourth-order valence-corrected chi connectivity index (χ4v) is 1.97. The highest BCUT2D eigenvalue weighted by Gasteiger charge is 2.24. The van der Waals surface area contributed by atoms with E-state index in [1.807, 2.05) is 0 Å². The van der Waals surface area contributed by atoms with Gasteiger partial charge in [-0.25, -0.2) is 13.8 Å². The summed E-state index contributed by atoms with van der Waals surface area (Å²) in [5.74, 6) is -0.172. The Morgan fingerprint density at radius 2 is 2.23 bits per heavy atom. The molecule has 6 N–H and O–H groups in total. The minimum absolute atomic E-state index is 0.0751. The Hall–Kier alpha value is -2.54. The van der Waals surface area contributed by atoms with Crippen molar-refractivity contribution in [3.05, 3.63) is 59.3 Å². The van der Waals surface area contributed by atoms with E-state index in [1.54, 1.807) is 12.3 Å². The van der Waals surface area contributed by atoms with Crippen molar-refractivity contribution in [2.45, 2.75) is 12.2 Å². The molecule has 1 aliphatic heterocycles. The van der Waals surface area contributed by atoms with Crippen LogP contribution in [0.15, 0.2) is 64.2 Å². The van der Waals surface area contributed by atoms with E-state index in [4.69, 9.17) is 16.9 Å². The molecule has 1 aliphatic carbocycles. The Kier molecular flexibility index (Phi) is 5.00. The molecule has 2 aliphatic rings. The molecule has 116 valence electrons. The molecule has 0 amide bonds. The lowest BCUT2D eigenvalue weighted by molar-refractivity contribution is 0.347. The van der Waals surface area contributed by atoms with Crippen LogP contribution in [0.2, 0.25) is 0 Å². The second kappa shape index (κ2) is 6.95. The van der Waals surface area contributed by atoms with Gasteiger partial charge in [0.1, 0.15) is 17.8 Å². The number of rotatable bonds is 4. The minimum Gasteiger partial charge on any atom is -0.396 e. The molecule has 0 aromatic rings. The molecule has 0 aromatic carbocycles. The van der Waals surface area contributed by atoms with Gasteiger partial charge in [-0.05, 0) is 17.7 Å². The van der Waals surface area contributed by atoms with Crippen LogP contribution in [0.25, 0.3) is 0 Å². The van der Waals surface area contributed by atoms with E-state index < -0.39 is 18.0 Å². The largest absolute Gasteiger partial charge is 0.396 e. The first kappa shape index (κ1) is 15.8. The SMILES string of the molecule is N=C/C=C(\N)C1=NC=C(C=CC2=C(F)C=CC(N)C2F)CN1. The number of allylic oxidation sites excluding steroid dienone is 4. The van der Waals surface area contributed by atoms with Crippen LogP contribution in [-0.4, -0.2) is 30.8 Å². The Labute approximate surface area is 127 Å². The van der Waals surface area contributed by atoms with Crippen molar-refractivity contribution >= 4 is 12.1 Å². The van der Waals surface area contributed by atoms with Crippen LogP contribution < -0.4 is 16.8 Å². The molecule has 7 heteroatoms. The lowest BCUT2D eigenvalue weighted by atomic mass is 9.97. The predicted octanol–water partition coefficient (Wildman–Crippen LogP) is 1.38. The van der Waals surface area contributed by atoms with Crippen LogP contribution in [0.5, 0.6) is 0 Å². The maximum atomic E-state index is 13.9. The van der Waals surface area contributed by atoms with Gasteiger partial charge in [0, 0.05) is 24.5 Å². The van der Waals surface area contributed by atoms with E-state index in [1.165, 1.54) is 24.3 Å². The molecule has 0 aromatic heterocycles. The number of hydrogen-bond acceptors (Lipinski definition) is 5. The molecule has 2 unspecified atom stereocenters. The van der Waals surface area contributed by atoms with E-state index in [-0.39, 0.29) is 5.57 Å². The van der Waals surface area contributed by atoms with Gasteiger partial charge in [-0.15, -0.1) is 0 Å². The van der Waals surface area contributed by atoms with Crippen molar-refractivity contribution in [2.75, 3.05) is 6.54 Å². The van der Waals surface area contributed by atoms with Crippen molar-refractivity contribution in [3.8, 4) is 0 Å². The first-order chi connectivity index (χ1) is 10.5. The molecule has 0 bridgehead atoms. The van der Waals surface area contributed by atoms with E-state index >= 15 is 0 Å². The maximum Gasteiger partial charge on any atom is 0.149 e. The molecule has 0 fully saturated rings. The molecular formula is C15H17F2N5. The minimum atomic E-state index is -1.57. The highest BCUT2D eigenvalue weighted by atomic mass is 19.1.